The lowest BCUT2D eigenvalue weighted by Crippen LogP contribution is -2.54. The van der Waals surface area contributed by atoms with Crippen molar-refractivity contribution in [1.29, 1.82) is 0 Å². The van der Waals surface area contributed by atoms with E-state index in [4.69, 9.17) is 11.6 Å². The molecule has 36 heavy (non-hydrogen) atoms. The fourth-order valence-corrected chi connectivity index (χ4v) is 5.72. The second-order valence-corrected chi connectivity index (χ2v) is 11.8. The highest BCUT2D eigenvalue weighted by Crippen LogP contribution is 2.24. The van der Waals surface area contributed by atoms with Crippen LogP contribution in [-0.4, -0.2) is 50.0 Å². The van der Waals surface area contributed by atoms with Crippen molar-refractivity contribution in [3.63, 3.8) is 0 Å². The lowest BCUT2D eigenvalue weighted by atomic mass is 9.95. The first kappa shape index (κ1) is 28.0. The van der Waals surface area contributed by atoms with Crippen molar-refractivity contribution < 1.29 is 18.0 Å². The predicted molar refractivity (Wildman–Crippen MR) is 144 cm³/mol. The van der Waals surface area contributed by atoms with Crippen LogP contribution in [0.25, 0.3) is 0 Å². The van der Waals surface area contributed by atoms with Gasteiger partial charge in [0.15, 0.2) is 0 Å². The number of amides is 2. The van der Waals surface area contributed by atoms with E-state index < -0.39 is 28.5 Å². The minimum Gasteiger partial charge on any atom is -0.352 e. The Labute approximate surface area is 219 Å². The van der Waals surface area contributed by atoms with Crippen molar-refractivity contribution in [3.8, 4) is 0 Å². The number of sulfonamides is 1. The summed E-state index contributed by atoms with van der Waals surface area (Å²) in [5.74, 6) is -0.641. The van der Waals surface area contributed by atoms with Crippen LogP contribution in [0.3, 0.4) is 0 Å². The molecule has 0 bridgehead atoms. The molecule has 1 aliphatic rings. The highest BCUT2D eigenvalue weighted by atomic mass is 35.5. The van der Waals surface area contributed by atoms with Crippen LogP contribution in [0.5, 0.6) is 0 Å². The summed E-state index contributed by atoms with van der Waals surface area (Å²) in [6.07, 6.45) is 6.68. The Morgan fingerprint density at radius 3 is 2.28 bits per heavy atom. The second-order valence-electron chi connectivity index (χ2n) is 9.47. The first-order chi connectivity index (χ1) is 17.1. The standard InChI is InChI=1S/C27H36ClN3O4S/c1-4-24(27(33)29-23-11-6-5-7-12-23)30(18-21-14-16-22(28)17-15-21)26(32)19-31(36(3,34)35)25-13-9-8-10-20(25)2/h8-10,13-17,23-24H,4-7,11-12,18-19H2,1-3H3,(H,29,33)/t24-/m0/s1. The summed E-state index contributed by atoms with van der Waals surface area (Å²) >= 11 is 6.04. The lowest BCUT2D eigenvalue weighted by molar-refractivity contribution is -0.140. The Balaban J connectivity index is 1.91. The van der Waals surface area contributed by atoms with Gasteiger partial charge in [0.05, 0.1) is 11.9 Å². The number of anilines is 1. The number of carbonyl (C=O) groups is 2. The van der Waals surface area contributed by atoms with Gasteiger partial charge in [0.25, 0.3) is 0 Å². The average Bonchev–Trinajstić information content (AvgIpc) is 2.84. The van der Waals surface area contributed by atoms with Gasteiger partial charge in [-0.05, 0) is 55.5 Å². The number of benzene rings is 2. The summed E-state index contributed by atoms with van der Waals surface area (Å²) in [5.41, 5.74) is 1.99. The number of carbonyl (C=O) groups excluding carboxylic acids is 2. The van der Waals surface area contributed by atoms with E-state index in [0.717, 1.165) is 47.4 Å². The van der Waals surface area contributed by atoms with Gasteiger partial charge in [-0.15, -0.1) is 0 Å². The number of halogens is 1. The lowest BCUT2D eigenvalue weighted by Gasteiger charge is -2.34. The fraction of sp³-hybridized carbons (Fsp3) is 0.481. The highest BCUT2D eigenvalue weighted by molar-refractivity contribution is 7.92. The van der Waals surface area contributed by atoms with Crippen LogP contribution < -0.4 is 9.62 Å². The molecule has 1 N–H and O–H groups in total. The third-order valence-corrected chi connectivity index (χ3v) is 8.05. The molecule has 1 atom stereocenters. The molecule has 1 aliphatic carbocycles. The van der Waals surface area contributed by atoms with Gasteiger partial charge in [0.1, 0.15) is 12.6 Å². The van der Waals surface area contributed by atoms with Gasteiger partial charge in [0.2, 0.25) is 21.8 Å². The number of hydrogen-bond acceptors (Lipinski definition) is 4. The number of nitrogens with one attached hydrogen (secondary N) is 1. The largest absolute Gasteiger partial charge is 0.352 e. The molecule has 2 aromatic carbocycles. The molecule has 0 spiro atoms. The third kappa shape index (κ3) is 7.46. The molecule has 0 aromatic heterocycles. The van der Waals surface area contributed by atoms with Gasteiger partial charge < -0.3 is 10.2 Å². The topological polar surface area (TPSA) is 86.8 Å². The SMILES string of the molecule is CC[C@@H](C(=O)NC1CCCCC1)N(Cc1ccc(Cl)cc1)C(=O)CN(c1ccccc1C)S(C)(=O)=O. The Hall–Kier alpha value is -2.58. The van der Waals surface area contributed by atoms with E-state index in [1.807, 2.05) is 25.1 Å². The van der Waals surface area contributed by atoms with Crippen LogP contribution in [0.15, 0.2) is 48.5 Å². The van der Waals surface area contributed by atoms with Crippen LogP contribution in [0.4, 0.5) is 5.69 Å². The summed E-state index contributed by atoms with van der Waals surface area (Å²) in [6, 6.07) is 13.5. The van der Waals surface area contributed by atoms with Crippen LogP contribution in [0.1, 0.15) is 56.6 Å². The van der Waals surface area contributed by atoms with Crippen LogP contribution in [0.2, 0.25) is 5.02 Å². The zero-order valence-electron chi connectivity index (χ0n) is 21.2. The van der Waals surface area contributed by atoms with Crippen molar-refractivity contribution in [2.24, 2.45) is 0 Å². The molecule has 2 amide bonds. The second kappa shape index (κ2) is 12.6. The van der Waals surface area contributed by atoms with Gasteiger partial charge in [-0.1, -0.05) is 68.1 Å². The Morgan fingerprint density at radius 2 is 1.69 bits per heavy atom. The van der Waals surface area contributed by atoms with E-state index in [1.165, 1.54) is 11.3 Å². The van der Waals surface area contributed by atoms with Crippen LogP contribution in [-0.2, 0) is 26.2 Å². The average molecular weight is 534 g/mol. The normalized spacial score (nSPS) is 15.2. The molecule has 2 aromatic rings. The number of hydrogen-bond donors (Lipinski definition) is 1. The maximum Gasteiger partial charge on any atom is 0.244 e. The molecule has 0 saturated heterocycles. The summed E-state index contributed by atoms with van der Waals surface area (Å²) in [5, 5.41) is 3.71. The monoisotopic (exact) mass is 533 g/mol. The molecule has 3 rings (SSSR count). The minimum atomic E-state index is -3.76. The molecule has 0 radical (unpaired) electrons. The van der Waals surface area contributed by atoms with Gasteiger partial charge in [-0.25, -0.2) is 8.42 Å². The quantitative estimate of drug-likeness (QED) is 0.481. The minimum absolute atomic E-state index is 0.104. The Kier molecular flexibility index (Phi) is 9.79. The zero-order valence-corrected chi connectivity index (χ0v) is 22.8. The van der Waals surface area contributed by atoms with Crippen LogP contribution in [0, 0.1) is 6.92 Å². The van der Waals surface area contributed by atoms with E-state index in [2.05, 4.69) is 5.32 Å². The molecule has 196 valence electrons. The molecular weight excluding hydrogens is 498 g/mol. The first-order valence-electron chi connectivity index (χ1n) is 12.5. The van der Waals surface area contributed by atoms with Gasteiger partial charge >= 0.3 is 0 Å². The third-order valence-electron chi connectivity index (χ3n) is 6.67. The molecule has 0 aliphatic heterocycles. The van der Waals surface area contributed by atoms with E-state index in [9.17, 15) is 18.0 Å². The molecular formula is C27H36ClN3O4S. The Bertz CT molecular complexity index is 1150. The van der Waals surface area contributed by atoms with Crippen molar-refractivity contribution in [2.75, 3.05) is 17.1 Å². The first-order valence-corrected chi connectivity index (χ1v) is 14.7. The molecule has 0 heterocycles. The molecule has 1 saturated carbocycles. The smallest absolute Gasteiger partial charge is 0.244 e. The van der Waals surface area contributed by atoms with E-state index in [0.29, 0.717) is 17.1 Å². The summed E-state index contributed by atoms with van der Waals surface area (Å²) in [7, 11) is -3.76. The summed E-state index contributed by atoms with van der Waals surface area (Å²) in [6.45, 7) is 3.43. The van der Waals surface area contributed by atoms with Crippen molar-refractivity contribution in [3.05, 3.63) is 64.7 Å². The van der Waals surface area contributed by atoms with Gasteiger partial charge in [-0.3, -0.25) is 13.9 Å². The van der Waals surface area contributed by atoms with E-state index >= 15 is 0 Å². The van der Waals surface area contributed by atoms with E-state index in [-0.39, 0.29) is 18.5 Å². The number of aryl methyl sites for hydroxylation is 1. The number of nitrogens with zero attached hydrogens (tertiary/aromatic N) is 2. The van der Waals surface area contributed by atoms with E-state index in [1.54, 1.807) is 37.3 Å². The van der Waals surface area contributed by atoms with Gasteiger partial charge in [0, 0.05) is 17.6 Å². The summed E-state index contributed by atoms with van der Waals surface area (Å²) < 4.78 is 26.6. The van der Waals surface area contributed by atoms with Crippen molar-refractivity contribution in [1.82, 2.24) is 10.2 Å². The maximum atomic E-state index is 13.8. The Morgan fingerprint density at radius 1 is 1.06 bits per heavy atom. The molecule has 7 nitrogen and oxygen atoms in total. The number of para-hydroxylation sites is 1. The molecule has 0 unspecified atom stereocenters. The highest BCUT2D eigenvalue weighted by Gasteiger charge is 2.33. The predicted octanol–water partition coefficient (Wildman–Crippen LogP) is 4.67. The summed E-state index contributed by atoms with van der Waals surface area (Å²) in [4.78, 5) is 28.6. The van der Waals surface area contributed by atoms with Crippen LogP contribution >= 0.6 is 11.6 Å². The maximum absolute atomic E-state index is 13.8. The molecule has 9 heteroatoms. The van der Waals surface area contributed by atoms with Gasteiger partial charge in [-0.2, -0.15) is 0 Å². The van der Waals surface area contributed by atoms with Crippen molar-refractivity contribution >= 4 is 39.1 Å². The zero-order chi connectivity index (χ0) is 26.3. The van der Waals surface area contributed by atoms with Crippen molar-refractivity contribution in [2.45, 2.75) is 71.0 Å². The number of rotatable bonds is 10. The fourth-order valence-electron chi connectivity index (χ4n) is 4.69. The molecule has 1 fully saturated rings.